The molecule has 0 bridgehead atoms. The summed E-state index contributed by atoms with van der Waals surface area (Å²) in [6.45, 7) is 3.14. The number of fused-ring (bicyclic) bond motifs is 1. The molecule has 1 radical (unpaired) electrons. The number of hydrogen-bond acceptors (Lipinski definition) is 2. The lowest BCUT2D eigenvalue weighted by molar-refractivity contribution is 0.0647. The van der Waals surface area contributed by atoms with Gasteiger partial charge in [-0.2, -0.15) is 0 Å². The summed E-state index contributed by atoms with van der Waals surface area (Å²) in [5, 5.41) is 0. The first-order valence-electron chi connectivity index (χ1n) is 7.87. The van der Waals surface area contributed by atoms with Gasteiger partial charge < -0.3 is 4.90 Å². The summed E-state index contributed by atoms with van der Waals surface area (Å²) in [7, 11) is 0. The monoisotopic (exact) mass is 269 g/mol. The van der Waals surface area contributed by atoms with Gasteiger partial charge in [-0.1, -0.05) is 18.6 Å². The Morgan fingerprint density at radius 2 is 2.05 bits per heavy atom. The van der Waals surface area contributed by atoms with Gasteiger partial charge in [0.2, 0.25) is 0 Å². The van der Waals surface area contributed by atoms with Gasteiger partial charge in [0.15, 0.2) is 0 Å². The van der Waals surface area contributed by atoms with E-state index < -0.39 is 0 Å². The summed E-state index contributed by atoms with van der Waals surface area (Å²) in [5.41, 5.74) is 2.07. The Kier molecular flexibility index (Phi) is 3.03. The molecular formula is C17H21N2O. The molecule has 1 aromatic carbocycles. The zero-order chi connectivity index (χ0) is 13.5. The minimum absolute atomic E-state index is 0.237. The molecule has 3 aliphatic rings. The zero-order valence-electron chi connectivity index (χ0n) is 11.8. The Labute approximate surface area is 120 Å². The van der Waals surface area contributed by atoms with Gasteiger partial charge in [0.25, 0.3) is 5.91 Å². The Morgan fingerprint density at radius 1 is 1.15 bits per heavy atom. The van der Waals surface area contributed by atoms with Gasteiger partial charge in [-0.05, 0) is 43.4 Å². The number of likely N-dealkylation sites (tertiary alicyclic amines) is 1. The number of carbonyl (C=O) groups is 1. The van der Waals surface area contributed by atoms with Crippen LogP contribution >= 0.6 is 0 Å². The van der Waals surface area contributed by atoms with Crippen LogP contribution in [-0.4, -0.2) is 47.4 Å². The van der Waals surface area contributed by atoms with Gasteiger partial charge in [0, 0.05) is 37.3 Å². The molecule has 1 amide bonds. The fourth-order valence-corrected chi connectivity index (χ4v) is 3.83. The SMILES string of the molecule is O=C1c2cc[c]cc2CCN1[C@H]1CCN(C2CCC2)C1. The van der Waals surface area contributed by atoms with E-state index in [1.165, 1.54) is 31.4 Å². The van der Waals surface area contributed by atoms with E-state index in [9.17, 15) is 4.79 Å². The van der Waals surface area contributed by atoms with Gasteiger partial charge in [0.1, 0.15) is 0 Å². The van der Waals surface area contributed by atoms with Crippen molar-refractivity contribution in [1.82, 2.24) is 9.80 Å². The molecule has 105 valence electrons. The van der Waals surface area contributed by atoms with Crippen molar-refractivity contribution in [2.24, 2.45) is 0 Å². The average molecular weight is 269 g/mol. The Bertz CT molecular complexity index is 523. The lowest BCUT2D eigenvalue weighted by Gasteiger charge is -2.37. The van der Waals surface area contributed by atoms with Gasteiger partial charge in [-0.15, -0.1) is 0 Å². The lowest BCUT2D eigenvalue weighted by Crippen LogP contribution is -2.47. The van der Waals surface area contributed by atoms with E-state index in [1.807, 2.05) is 18.2 Å². The van der Waals surface area contributed by atoms with Gasteiger partial charge in [-0.3, -0.25) is 9.69 Å². The highest BCUT2D eigenvalue weighted by molar-refractivity contribution is 5.96. The Balaban J connectivity index is 1.49. The summed E-state index contributed by atoms with van der Waals surface area (Å²) in [6, 6.07) is 10.1. The van der Waals surface area contributed by atoms with Gasteiger partial charge >= 0.3 is 0 Å². The highest BCUT2D eigenvalue weighted by atomic mass is 16.2. The molecule has 20 heavy (non-hydrogen) atoms. The van der Waals surface area contributed by atoms with E-state index in [0.29, 0.717) is 6.04 Å². The number of carbonyl (C=O) groups excluding carboxylic acids is 1. The van der Waals surface area contributed by atoms with Crippen molar-refractivity contribution in [2.45, 2.75) is 44.2 Å². The molecule has 0 spiro atoms. The zero-order valence-corrected chi connectivity index (χ0v) is 11.8. The molecule has 0 N–H and O–H groups in total. The molecule has 2 aliphatic heterocycles. The molecule has 1 atom stereocenters. The minimum atomic E-state index is 0.237. The maximum atomic E-state index is 12.7. The van der Waals surface area contributed by atoms with Crippen molar-refractivity contribution in [1.29, 1.82) is 0 Å². The van der Waals surface area contributed by atoms with Crippen LogP contribution in [0.4, 0.5) is 0 Å². The molecule has 3 heteroatoms. The quantitative estimate of drug-likeness (QED) is 0.821. The molecular weight excluding hydrogens is 248 g/mol. The summed E-state index contributed by atoms with van der Waals surface area (Å²) in [5.74, 6) is 0.237. The fourth-order valence-electron chi connectivity index (χ4n) is 3.83. The predicted octanol–water partition coefficient (Wildman–Crippen LogP) is 2.11. The van der Waals surface area contributed by atoms with Crippen LogP contribution in [0.1, 0.15) is 41.6 Å². The van der Waals surface area contributed by atoms with Crippen molar-refractivity contribution in [3.63, 3.8) is 0 Å². The first-order valence-corrected chi connectivity index (χ1v) is 7.87. The van der Waals surface area contributed by atoms with Crippen LogP contribution in [0.5, 0.6) is 0 Å². The van der Waals surface area contributed by atoms with Crippen LogP contribution in [0.3, 0.4) is 0 Å². The Hall–Kier alpha value is -1.35. The van der Waals surface area contributed by atoms with Crippen LogP contribution in [0, 0.1) is 6.07 Å². The largest absolute Gasteiger partial charge is 0.334 e. The number of amides is 1. The molecule has 0 unspecified atom stereocenters. The van der Waals surface area contributed by atoms with Gasteiger partial charge in [-0.25, -0.2) is 0 Å². The first kappa shape index (κ1) is 12.4. The van der Waals surface area contributed by atoms with E-state index in [0.717, 1.165) is 37.5 Å². The summed E-state index contributed by atoms with van der Waals surface area (Å²) in [4.78, 5) is 17.4. The van der Waals surface area contributed by atoms with Crippen molar-refractivity contribution in [3.05, 3.63) is 35.4 Å². The smallest absolute Gasteiger partial charge is 0.254 e. The molecule has 1 saturated carbocycles. The van der Waals surface area contributed by atoms with Crippen LogP contribution in [0.2, 0.25) is 0 Å². The molecule has 1 saturated heterocycles. The molecule has 1 aliphatic carbocycles. The van der Waals surface area contributed by atoms with Crippen molar-refractivity contribution in [2.75, 3.05) is 19.6 Å². The van der Waals surface area contributed by atoms with Crippen LogP contribution < -0.4 is 0 Å². The highest BCUT2D eigenvalue weighted by Crippen LogP contribution is 2.30. The molecule has 1 aromatic rings. The van der Waals surface area contributed by atoms with E-state index >= 15 is 0 Å². The van der Waals surface area contributed by atoms with Crippen molar-refractivity contribution >= 4 is 5.91 Å². The van der Waals surface area contributed by atoms with Crippen LogP contribution in [0.15, 0.2) is 18.2 Å². The minimum Gasteiger partial charge on any atom is -0.334 e. The maximum absolute atomic E-state index is 12.7. The predicted molar refractivity (Wildman–Crippen MR) is 77.6 cm³/mol. The summed E-state index contributed by atoms with van der Waals surface area (Å²) >= 11 is 0. The molecule has 3 nitrogen and oxygen atoms in total. The molecule has 0 aromatic heterocycles. The number of nitrogens with zero attached hydrogens (tertiary/aromatic N) is 2. The lowest BCUT2D eigenvalue weighted by atomic mass is 9.92. The molecule has 2 fully saturated rings. The second-order valence-electron chi connectivity index (χ2n) is 6.35. The second kappa shape index (κ2) is 4.88. The van der Waals surface area contributed by atoms with Gasteiger partial charge in [0.05, 0.1) is 0 Å². The third-order valence-electron chi connectivity index (χ3n) is 5.29. The Morgan fingerprint density at radius 3 is 2.85 bits per heavy atom. The average Bonchev–Trinajstić information content (AvgIpc) is 2.86. The van der Waals surface area contributed by atoms with Crippen LogP contribution in [-0.2, 0) is 6.42 Å². The second-order valence-corrected chi connectivity index (χ2v) is 6.35. The number of rotatable bonds is 2. The fraction of sp³-hybridized carbons (Fsp3) is 0.588. The standard InChI is InChI=1S/C17H21N2O/c20-17-16-7-2-1-4-13(16)8-11-19(17)15-9-10-18(12-15)14-5-3-6-14/h2,4,7,14-15H,3,5-6,8-12H2/t15-/m0/s1. The third-order valence-corrected chi connectivity index (χ3v) is 5.29. The van der Waals surface area contributed by atoms with Crippen LogP contribution in [0.25, 0.3) is 0 Å². The van der Waals surface area contributed by atoms with E-state index in [4.69, 9.17) is 0 Å². The van der Waals surface area contributed by atoms with Crippen molar-refractivity contribution in [3.8, 4) is 0 Å². The van der Waals surface area contributed by atoms with E-state index in [2.05, 4.69) is 15.9 Å². The summed E-state index contributed by atoms with van der Waals surface area (Å²) < 4.78 is 0. The molecule has 4 rings (SSSR count). The van der Waals surface area contributed by atoms with Crippen molar-refractivity contribution < 1.29 is 4.79 Å². The topological polar surface area (TPSA) is 23.6 Å². The number of hydrogen-bond donors (Lipinski definition) is 0. The maximum Gasteiger partial charge on any atom is 0.254 e. The normalized spacial score (nSPS) is 27.5. The third kappa shape index (κ3) is 1.96. The highest BCUT2D eigenvalue weighted by Gasteiger charge is 2.37. The van der Waals surface area contributed by atoms with E-state index in [1.54, 1.807) is 0 Å². The number of benzene rings is 1. The molecule has 2 heterocycles. The summed E-state index contributed by atoms with van der Waals surface area (Å²) in [6.07, 6.45) is 6.24. The van der Waals surface area contributed by atoms with E-state index in [-0.39, 0.29) is 5.91 Å². The first-order chi connectivity index (χ1) is 9.83.